The van der Waals surface area contributed by atoms with E-state index < -0.39 is 29.3 Å². The van der Waals surface area contributed by atoms with E-state index >= 15 is 0 Å². The monoisotopic (exact) mass is 296 g/mol. The molecule has 2 saturated heterocycles. The Hall–Kier alpha value is -0.780. The largest absolute Gasteiger partial charge is 0.373 e. The van der Waals surface area contributed by atoms with Crippen molar-refractivity contribution in [3.63, 3.8) is 0 Å². The zero-order valence-corrected chi connectivity index (χ0v) is 12.4. The predicted octanol–water partition coefficient (Wildman–Crippen LogP) is 1.97. The zero-order chi connectivity index (χ0) is 14.8. The van der Waals surface area contributed by atoms with Gasteiger partial charge in [0.1, 0.15) is 17.3 Å². The Labute approximate surface area is 123 Å². The molecule has 2 saturated carbocycles. The minimum atomic E-state index is -1.48. The number of carbonyl (C=O) groups excluding carboxylic acids is 1. The summed E-state index contributed by atoms with van der Waals surface area (Å²) in [5.74, 6) is -0.670. The van der Waals surface area contributed by atoms with Crippen LogP contribution in [0.15, 0.2) is 11.6 Å². The first kappa shape index (κ1) is 13.9. The first-order valence-corrected chi connectivity index (χ1v) is 7.70. The summed E-state index contributed by atoms with van der Waals surface area (Å²) in [6.07, 6.45) is 3.47. The molecule has 0 aromatic carbocycles. The second-order valence-corrected chi connectivity index (χ2v) is 6.95. The lowest BCUT2D eigenvalue weighted by Gasteiger charge is -2.38. The van der Waals surface area contributed by atoms with Gasteiger partial charge in [0.2, 0.25) is 0 Å². The van der Waals surface area contributed by atoms with Gasteiger partial charge < -0.3 is 14.2 Å². The maximum Gasteiger partial charge on any atom is 0.196 e. The Kier molecular flexibility index (Phi) is 2.88. The van der Waals surface area contributed by atoms with E-state index in [1.54, 1.807) is 0 Å². The molecule has 6 atom stereocenters. The van der Waals surface area contributed by atoms with Crippen LogP contribution in [0.4, 0.5) is 4.39 Å². The van der Waals surface area contributed by atoms with Crippen molar-refractivity contribution >= 4 is 5.78 Å². The Bertz CT molecular complexity index is 506. The summed E-state index contributed by atoms with van der Waals surface area (Å²) < 4.78 is 30.8. The average molecular weight is 296 g/mol. The number of epoxide rings is 2. The first-order chi connectivity index (χ1) is 10.00. The van der Waals surface area contributed by atoms with Crippen LogP contribution < -0.4 is 0 Å². The first-order valence-electron chi connectivity index (χ1n) is 7.70. The van der Waals surface area contributed by atoms with Gasteiger partial charge in [-0.25, -0.2) is 4.39 Å². The molecule has 4 rings (SSSR count). The molecule has 21 heavy (non-hydrogen) atoms. The van der Waals surface area contributed by atoms with Crippen molar-refractivity contribution in [1.29, 1.82) is 0 Å². The molecule has 4 aliphatic rings. The van der Waals surface area contributed by atoms with Crippen LogP contribution in [0.2, 0.25) is 0 Å². The number of ether oxygens (including phenoxy) is 3. The average Bonchev–Trinajstić information content (AvgIpc) is 3.30. The molecule has 2 heterocycles. The van der Waals surface area contributed by atoms with Crippen molar-refractivity contribution < 1.29 is 23.4 Å². The van der Waals surface area contributed by atoms with Crippen LogP contribution in [-0.4, -0.2) is 49.1 Å². The van der Waals surface area contributed by atoms with Crippen molar-refractivity contribution in [1.82, 2.24) is 0 Å². The maximum absolute atomic E-state index is 13.9. The molecular formula is C16H21FO4. The zero-order valence-electron chi connectivity index (χ0n) is 12.4. The van der Waals surface area contributed by atoms with E-state index in [1.165, 1.54) is 25.5 Å². The number of hydrogen-bond acceptors (Lipinski definition) is 4. The molecule has 0 aromatic rings. The van der Waals surface area contributed by atoms with Crippen molar-refractivity contribution in [2.24, 2.45) is 5.92 Å². The van der Waals surface area contributed by atoms with Crippen LogP contribution in [0.1, 0.15) is 32.6 Å². The molecule has 116 valence electrons. The summed E-state index contributed by atoms with van der Waals surface area (Å²) in [6, 6.07) is 0. The summed E-state index contributed by atoms with van der Waals surface area (Å²) >= 11 is 0. The Morgan fingerprint density at radius 3 is 2.76 bits per heavy atom. The quantitative estimate of drug-likeness (QED) is 0.588. The van der Waals surface area contributed by atoms with Gasteiger partial charge in [0.25, 0.3) is 0 Å². The molecule has 5 heteroatoms. The standard InChI is InChI=1S/C16H21FO4/c1-15(11(21-15)6-5-9-3-4-9)14-13(19-2)12(18)10(17)7-16(14)8-20-16/h5,10-11,13-14H,3-4,6-8H2,1-2H3. The minimum Gasteiger partial charge on any atom is -0.373 e. The van der Waals surface area contributed by atoms with E-state index in [4.69, 9.17) is 14.2 Å². The number of alkyl halides is 1. The SMILES string of the molecule is COC1C(=O)C(F)CC2(CO2)C1C1(C)OC1CC=C1CC1. The molecule has 4 fully saturated rings. The van der Waals surface area contributed by atoms with Crippen LogP contribution in [0.3, 0.4) is 0 Å². The molecule has 6 unspecified atom stereocenters. The summed E-state index contributed by atoms with van der Waals surface area (Å²) in [5, 5.41) is 0. The molecule has 0 bridgehead atoms. The smallest absolute Gasteiger partial charge is 0.196 e. The van der Waals surface area contributed by atoms with Crippen molar-refractivity contribution in [3.8, 4) is 0 Å². The van der Waals surface area contributed by atoms with Crippen LogP contribution in [-0.2, 0) is 19.0 Å². The number of halogens is 1. The van der Waals surface area contributed by atoms with Gasteiger partial charge >= 0.3 is 0 Å². The number of allylic oxidation sites excluding steroid dienone is 1. The highest BCUT2D eigenvalue weighted by Gasteiger charge is 2.73. The number of rotatable bonds is 4. The number of carbonyl (C=O) groups is 1. The van der Waals surface area contributed by atoms with Crippen LogP contribution in [0.25, 0.3) is 0 Å². The van der Waals surface area contributed by atoms with Gasteiger partial charge in [0.05, 0.1) is 18.6 Å². The number of ketones is 1. The van der Waals surface area contributed by atoms with Crippen LogP contribution in [0.5, 0.6) is 0 Å². The van der Waals surface area contributed by atoms with Gasteiger partial charge in [0.15, 0.2) is 12.0 Å². The van der Waals surface area contributed by atoms with E-state index in [2.05, 4.69) is 6.08 Å². The highest BCUT2D eigenvalue weighted by atomic mass is 19.1. The van der Waals surface area contributed by atoms with Gasteiger partial charge in [0, 0.05) is 13.5 Å². The van der Waals surface area contributed by atoms with E-state index in [0.717, 1.165) is 6.42 Å². The molecule has 2 aliphatic carbocycles. The maximum atomic E-state index is 13.9. The third kappa shape index (κ3) is 2.09. The lowest BCUT2D eigenvalue weighted by Crippen LogP contribution is -2.56. The van der Waals surface area contributed by atoms with Gasteiger partial charge in [-0.15, -0.1) is 0 Å². The van der Waals surface area contributed by atoms with E-state index in [0.29, 0.717) is 6.61 Å². The fourth-order valence-electron chi connectivity index (χ4n) is 3.99. The lowest BCUT2D eigenvalue weighted by molar-refractivity contribution is -0.150. The summed E-state index contributed by atoms with van der Waals surface area (Å²) in [7, 11) is 1.47. The van der Waals surface area contributed by atoms with Crippen LogP contribution >= 0.6 is 0 Å². The van der Waals surface area contributed by atoms with Gasteiger partial charge in [-0.3, -0.25) is 4.79 Å². The normalized spacial score (nSPS) is 51.2. The molecule has 1 spiro atoms. The molecule has 0 radical (unpaired) electrons. The Balaban J connectivity index is 1.57. The topological polar surface area (TPSA) is 51.4 Å². The minimum absolute atomic E-state index is 0.0817. The summed E-state index contributed by atoms with van der Waals surface area (Å²) in [5.41, 5.74) is 0.473. The van der Waals surface area contributed by atoms with Crippen molar-refractivity contribution in [3.05, 3.63) is 11.6 Å². The van der Waals surface area contributed by atoms with E-state index in [1.807, 2.05) is 6.92 Å². The Morgan fingerprint density at radius 1 is 1.48 bits per heavy atom. The van der Waals surface area contributed by atoms with Crippen LogP contribution in [0, 0.1) is 5.92 Å². The van der Waals surface area contributed by atoms with Crippen molar-refractivity contribution in [2.45, 2.75) is 62.2 Å². The van der Waals surface area contributed by atoms with E-state index in [-0.39, 0.29) is 18.4 Å². The highest BCUT2D eigenvalue weighted by molar-refractivity contribution is 5.89. The molecule has 0 N–H and O–H groups in total. The lowest BCUT2D eigenvalue weighted by atomic mass is 9.68. The van der Waals surface area contributed by atoms with Crippen molar-refractivity contribution in [2.75, 3.05) is 13.7 Å². The summed E-state index contributed by atoms with van der Waals surface area (Å²) in [6.45, 7) is 2.51. The van der Waals surface area contributed by atoms with Gasteiger partial charge in [-0.2, -0.15) is 0 Å². The summed E-state index contributed by atoms with van der Waals surface area (Å²) in [4.78, 5) is 12.1. The molecule has 4 nitrogen and oxygen atoms in total. The Morgan fingerprint density at radius 2 is 2.19 bits per heavy atom. The van der Waals surface area contributed by atoms with Gasteiger partial charge in [-0.1, -0.05) is 11.6 Å². The fourth-order valence-corrected chi connectivity index (χ4v) is 3.99. The molecule has 2 aliphatic heterocycles. The predicted molar refractivity (Wildman–Crippen MR) is 72.7 cm³/mol. The second kappa shape index (κ2) is 4.37. The number of methoxy groups -OCH3 is 1. The second-order valence-electron chi connectivity index (χ2n) is 6.95. The van der Waals surface area contributed by atoms with E-state index in [9.17, 15) is 9.18 Å². The fraction of sp³-hybridized carbons (Fsp3) is 0.812. The third-order valence-electron chi connectivity index (χ3n) is 5.51. The molecule has 0 aromatic heterocycles. The third-order valence-corrected chi connectivity index (χ3v) is 5.51. The molecule has 0 amide bonds. The number of Topliss-reactive ketones (excluding diaryl/α,β-unsaturated/α-hetero) is 1. The van der Waals surface area contributed by atoms with Gasteiger partial charge in [-0.05, 0) is 26.2 Å². The number of hydrogen-bond donors (Lipinski definition) is 0. The highest BCUT2D eigenvalue weighted by Crippen LogP contribution is 2.59. The molecular weight excluding hydrogens is 275 g/mol.